The van der Waals surface area contributed by atoms with Gasteiger partial charge in [-0.1, -0.05) is 71.4 Å². The van der Waals surface area contributed by atoms with Gasteiger partial charge in [0, 0.05) is 12.6 Å². The predicted octanol–water partition coefficient (Wildman–Crippen LogP) is 4.91. The third-order valence-electron chi connectivity index (χ3n) is 3.73. The van der Waals surface area contributed by atoms with Crippen LogP contribution in [0.5, 0.6) is 0 Å². The van der Waals surface area contributed by atoms with Crippen LogP contribution in [0.25, 0.3) is 11.4 Å². The number of nitrogens with one attached hydrogen (secondary N) is 1. The van der Waals surface area contributed by atoms with Gasteiger partial charge in [0.1, 0.15) is 0 Å². The fourth-order valence-electron chi connectivity index (χ4n) is 2.31. The Bertz CT molecular complexity index is 910. The van der Waals surface area contributed by atoms with Crippen molar-refractivity contribution in [1.82, 2.24) is 14.8 Å². The van der Waals surface area contributed by atoms with E-state index in [1.807, 2.05) is 41.9 Å². The smallest absolute Gasteiger partial charge is 0.237 e. The van der Waals surface area contributed by atoms with Crippen molar-refractivity contribution in [3.63, 3.8) is 0 Å². The average molecular weight is 407 g/mol. The van der Waals surface area contributed by atoms with Crippen molar-refractivity contribution in [2.24, 2.45) is 7.05 Å². The summed E-state index contributed by atoms with van der Waals surface area (Å²) in [7, 11) is 1.88. The zero-order chi connectivity index (χ0) is 18.7. The largest absolute Gasteiger partial charge is 0.323 e. The molecule has 1 amide bonds. The Morgan fingerprint density at radius 3 is 2.38 bits per heavy atom. The van der Waals surface area contributed by atoms with E-state index in [2.05, 4.69) is 15.5 Å². The number of hydrogen-bond donors (Lipinski definition) is 1. The van der Waals surface area contributed by atoms with E-state index in [-0.39, 0.29) is 5.91 Å². The summed E-state index contributed by atoms with van der Waals surface area (Å²) in [4.78, 5) is 12.5. The molecule has 0 fully saturated rings. The van der Waals surface area contributed by atoms with Crippen molar-refractivity contribution < 1.29 is 4.79 Å². The highest BCUT2D eigenvalue weighted by Crippen LogP contribution is 2.31. The number of halogens is 2. The Morgan fingerprint density at radius 2 is 1.73 bits per heavy atom. The van der Waals surface area contributed by atoms with E-state index < -0.39 is 5.25 Å². The molecule has 0 saturated heterocycles. The summed E-state index contributed by atoms with van der Waals surface area (Å²) < 4.78 is 1.87. The first-order valence-corrected chi connectivity index (χ1v) is 9.47. The van der Waals surface area contributed by atoms with Gasteiger partial charge in [-0.3, -0.25) is 4.79 Å². The Balaban J connectivity index is 1.73. The molecule has 2 aromatic carbocycles. The van der Waals surface area contributed by atoms with E-state index in [4.69, 9.17) is 23.2 Å². The number of anilines is 1. The topological polar surface area (TPSA) is 59.8 Å². The maximum absolute atomic E-state index is 12.5. The second kappa shape index (κ2) is 8.12. The Labute approximate surface area is 165 Å². The van der Waals surface area contributed by atoms with Crippen LogP contribution in [-0.4, -0.2) is 25.9 Å². The van der Waals surface area contributed by atoms with Gasteiger partial charge in [0.05, 0.1) is 21.0 Å². The molecule has 1 aromatic heterocycles. The van der Waals surface area contributed by atoms with Crippen molar-refractivity contribution in [3.05, 3.63) is 58.6 Å². The van der Waals surface area contributed by atoms with E-state index in [0.717, 1.165) is 11.4 Å². The highest BCUT2D eigenvalue weighted by Gasteiger charge is 2.21. The maximum atomic E-state index is 12.5. The zero-order valence-electron chi connectivity index (χ0n) is 14.1. The fraction of sp³-hybridized carbons (Fsp3) is 0.167. The minimum Gasteiger partial charge on any atom is -0.323 e. The molecule has 1 N–H and O–H groups in total. The molecule has 8 heteroatoms. The molecule has 26 heavy (non-hydrogen) atoms. The number of thioether (sulfide) groups is 1. The molecular weight excluding hydrogens is 391 g/mol. The molecule has 1 atom stereocenters. The number of carbonyl (C=O) groups excluding carboxylic acids is 1. The van der Waals surface area contributed by atoms with Gasteiger partial charge in [0.2, 0.25) is 5.91 Å². The third kappa shape index (κ3) is 4.03. The quantitative estimate of drug-likeness (QED) is 0.611. The molecule has 0 unspecified atom stereocenters. The van der Waals surface area contributed by atoms with Gasteiger partial charge in [-0.05, 0) is 19.1 Å². The van der Waals surface area contributed by atoms with Crippen LogP contribution in [0.2, 0.25) is 10.0 Å². The molecule has 0 aliphatic heterocycles. The van der Waals surface area contributed by atoms with Gasteiger partial charge >= 0.3 is 0 Å². The average Bonchev–Trinajstić information content (AvgIpc) is 2.99. The standard InChI is InChI=1S/C18H16Cl2N4OS/c1-11(17(25)21-15-13(19)9-6-10-14(15)20)26-18-23-22-16(24(18)2)12-7-4-3-5-8-12/h3-11H,1-2H3,(H,21,25)/t11-/m0/s1. The van der Waals surface area contributed by atoms with E-state index in [1.54, 1.807) is 25.1 Å². The minimum absolute atomic E-state index is 0.214. The van der Waals surface area contributed by atoms with Gasteiger partial charge in [0.15, 0.2) is 11.0 Å². The number of aromatic nitrogens is 3. The molecule has 1 heterocycles. The van der Waals surface area contributed by atoms with Crippen LogP contribution in [-0.2, 0) is 11.8 Å². The first kappa shape index (κ1) is 18.8. The number of rotatable bonds is 5. The van der Waals surface area contributed by atoms with E-state index in [1.165, 1.54) is 11.8 Å². The summed E-state index contributed by atoms with van der Waals surface area (Å²) in [5.41, 5.74) is 1.38. The molecule has 0 saturated carbocycles. The Kier molecular flexibility index (Phi) is 5.86. The van der Waals surface area contributed by atoms with E-state index in [9.17, 15) is 4.79 Å². The first-order chi connectivity index (χ1) is 12.5. The van der Waals surface area contributed by atoms with Crippen LogP contribution in [0.15, 0.2) is 53.7 Å². The number of amides is 1. The lowest BCUT2D eigenvalue weighted by Crippen LogP contribution is -2.23. The number of nitrogens with zero attached hydrogens (tertiary/aromatic N) is 3. The van der Waals surface area contributed by atoms with Crippen molar-refractivity contribution in [2.45, 2.75) is 17.3 Å². The molecule has 0 bridgehead atoms. The number of carbonyl (C=O) groups is 1. The molecule has 0 radical (unpaired) electrons. The summed E-state index contributed by atoms with van der Waals surface area (Å²) in [6.45, 7) is 1.79. The van der Waals surface area contributed by atoms with Gasteiger partial charge < -0.3 is 9.88 Å². The molecule has 0 aliphatic carbocycles. The first-order valence-electron chi connectivity index (χ1n) is 7.83. The predicted molar refractivity (Wildman–Crippen MR) is 107 cm³/mol. The summed E-state index contributed by atoms with van der Waals surface area (Å²) in [6, 6.07) is 14.8. The molecule has 5 nitrogen and oxygen atoms in total. The van der Waals surface area contributed by atoms with Crippen molar-refractivity contribution >= 4 is 46.6 Å². The minimum atomic E-state index is -0.408. The molecule has 0 spiro atoms. The second-order valence-electron chi connectivity index (χ2n) is 5.58. The summed E-state index contributed by atoms with van der Waals surface area (Å²) in [5.74, 6) is 0.532. The molecule has 0 aliphatic rings. The lowest BCUT2D eigenvalue weighted by molar-refractivity contribution is -0.115. The number of benzene rings is 2. The van der Waals surface area contributed by atoms with Gasteiger partial charge in [-0.2, -0.15) is 0 Å². The second-order valence-corrected chi connectivity index (χ2v) is 7.70. The summed E-state index contributed by atoms with van der Waals surface area (Å²) >= 11 is 13.5. The summed E-state index contributed by atoms with van der Waals surface area (Å²) in [5, 5.41) is 12.2. The Hall–Kier alpha value is -2.02. The number of hydrogen-bond acceptors (Lipinski definition) is 4. The Morgan fingerprint density at radius 1 is 1.08 bits per heavy atom. The van der Waals surface area contributed by atoms with Gasteiger partial charge in [-0.25, -0.2) is 0 Å². The third-order valence-corrected chi connectivity index (χ3v) is 5.49. The fourth-order valence-corrected chi connectivity index (χ4v) is 3.62. The number of para-hydroxylation sites is 1. The normalized spacial score (nSPS) is 12.0. The lowest BCUT2D eigenvalue weighted by atomic mass is 10.2. The molecule has 3 rings (SSSR count). The van der Waals surface area contributed by atoms with Crippen LogP contribution in [0.1, 0.15) is 6.92 Å². The highest BCUT2D eigenvalue weighted by atomic mass is 35.5. The summed E-state index contributed by atoms with van der Waals surface area (Å²) in [6.07, 6.45) is 0. The van der Waals surface area contributed by atoms with Crippen LogP contribution in [0.3, 0.4) is 0 Å². The zero-order valence-corrected chi connectivity index (χ0v) is 16.4. The molecular formula is C18H16Cl2N4OS. The van der Waals surface area contributed by atoms with Crippen LogP contribution in [0.4, 0.5) is 5.69 Å². The molecule has 3 aromatic rings. The lowest BCUT2D eigenvalue weighted by Gasteiger charge is -2.13. The van der Waals surface area contributed by atoms with Gasteiger partial charge in [0.25, 0.3) is 0 Å². The highest BCUT2D eigenvalue weighted by molar-refractivity contribution is 8.00. The van der Waals surface area contributed by atoms with Crippen molar-refractivity contribution in [1.29, 1.82) is 0 Å². The molecule has 134 valence electrons. The van der Waals surface area contributed by atoms with Crippen LogP contribution >= 0.6 is 35.0 Å². The van der Waals surface area contributed by atoms with Crippen LogP contribution in [0, 0.1) is 0 Å². The van der Waals surface area contributed by atoms with Gasteiger partial charge in [-0.15, -0.1) is 10.2 Å². The monoisotopic (exact) mass is 406 g/mol. The van der Waals surface area contributed by atoms with Crippen LogP contribution < -0.4 is 5.32 Å². The maximum Gasteiger partial charge on any atom is 0.237 e. The van der Waals surface area contributed by atoms with Crippen molar-refractivity contribution in [3.8, 4) is 11.4 Å². The van der Waals surface area contributed by atoms with E-state index >= 15 is 0 Å². The van der Waals surface area contributed by atoms with E-state index in [0.29, 0.717) is 20.9 Å². The van der Waals surface area contributed by atoms with Crippen molar-refractivity contribution in [2.75, 3.05) is 5.32 Å². The SMILES string of the molecule is C[C@H](Sc1nnc(-c2ccccc2)n1C)C(=O)Nc1c(Cl)cccc1Cl.